The van der Waals surface area contributed by atoms with Gasteiger partial charge in [0.1, 0.15) is 6.33 Å². The van der Waals surface area contributed by atoms with Crippen molar-refractivity contribution in [1.82, 2.24) is 14.9 Å². The van der Waals surface area contributed by atoms with Crippen LogP contribution in [0.15, 0.2) is 30.0 Å². The SMILES string of the molecule is O=C(N1C2CCC1c1cncnc1C2)C1(c2cccs2)CCCC1. The number of fused-ring (bicyclic) bond motifs is 4. The highest BCUT2D eigenvalue weighted by molar-refractivity contribution is 7.10. The van der Waals surface area contributed by atoms with Crippen molar-refractivity contribution >= 4 is 17.2 Å². The first kappa shape index (κ1) is 14.6. The maximum atomic E-state index is 13.8. The van der Waals surface area contributed by atoms with E-state index in [1.807, 2.05) is 6.20 Å². The number of thiophene rings is 1. The van der Waals surface area contributed by atoms with Crippen molar-refractivity contribution in [2.45, 2.75) is 62.4 Å². The van der Waals surface area contributed by atoms with Crippen LogP contribution in [0.1, 0.15) is 60.7 Å². The molecule has 5 heteroatoms. The Hall–Kier alpha value is -1.75. The number of nitrogens with zero attached hydrogens (tertiary/aromatic N) is 3. The number of rotatable bonds is 2. The molecule has 3 aliphatic rings. The third kappa shape index (κ3) is 1.94. The van der Waals surface area contributed by atoms with Crippen molar-refractivity contribution in [3.05, 3.63) is 46.2 Å². The summed E-state index contributed by atoms with van der Waals surface area (Å²) < 4.78 is 0. The van der Waals surface area contributed by atoms with Gasteiger partial charge in [0, 0.05) is 29.1 Å². The highest BCUT2D eigenvalue weighted by Crippen LogP contribution is 2.50. The Morgan fingerprint density at radius 1 is 1.29 bits per heavy atom. The van der Waals surface area contributed by atoms with Crippen molar-refractivity contribution in [1.29, 1.82) is 0 Å². The van der Waals surface area contributed by atoms with E-state index < -0.39 is 0 Å². The van der Waals surface area contributed by atoms with Crippen LogP contribution in [0.4, 0.5) is 0 Å². The molecule has 1 saturated carbocycles. The van der Waals surface area contributed by atoms with E-state index in [4.69, 9.17) is 0 Å². The monoisotopic (exact) mass is 339 g/mol. The van der Waals surface area contributed by atoms with Crippen LogP contribution in [0.5, 0.6) is 0 Å². The number of amides is 1. The molecule has 1 saturated heterocycles. The molecule has 124 valence electrons. The molecule has 24 heavy (non-hydrogen) atoms. The predicted molar refractivity (Wildman–Crippen MR) is 92.8 cm³/mol. The summed E-state index contributed by atoms with van der Waals surface area (Å²) in [4.78, 5) is 26.0. The quantitative estimate of drug-likeness (QED) is 0.839. The predicted octanol–water partition coefficient (Wildman–Crippen LogP) is 3.64. The summed E-state index contributed by atoms with van der Waals surface area (Å²) in [6.45, 7) is 0. The van der Waals surface area contributed by atoms with Crippen molar-refractivity contribution in [2.24, 2.45) is 0 Å². The van der Waals surface area contributed by atoms with Gasteiger partial charge >= 0.3 is 0 Å². The van der Waals surface area contributed by atoms with E-state index in [0.29, 0.717) is 11.9 Å². The van der Waals surface area contributed by atoms with Crippen LogP contribution in [0.2, 0.25) is 0 Å². The second kappa shape index (κ2) is 5.38. The average molecular weight is 339 g/mol. The number of aromatic nitrogens is 2. The average Bonchev–Trinajstić information content (AvgIpc) is 3.34. The van der Waals surface area contributed by atoms with Crippen molar-refractivity contribution in [3.63, 3.8) is 0 Å². The van der Waals surface area contributed by atoms with Gasteiger partial charge < -0.3 is 4.90 Å². The first-order valence-corrected chi connectivity index (χ1v) is 9.83. The molecule has 5 rings (SSSR count). The molecule has 4 heterocycles. The molecule has 2 aromatic rings. The van der Waals surface area contributed by atoms with Crippen molar-refractivity contribution < 1.29 is 4.79 Å². The molecule has 2 aromatic heterocycles. The second-order valence-corrected chi connectivity index (χ2v) is 8.30. The zero-order chi connectivity index (χ0) is 16.1. The van der Waals surface area contributed by atoms with Crippen LogP contribution in [0.25, 0.3) is 0 Å². The molecule has 2 atom stereocenters. The first-order chi connectivity index (χ1) is 11.8. The summed E-state index contributed by atoms with van der Waals surface area (Å²) in [6.07, 6.45) is 10.9. The zero-order valence-electron chi connectivity index (χ0n) is 13.6. The Bertz CT molecular complexity index is 767. The summed E-state index contributed by atoms with van der Waals surface area (Å²) in [5.41, 5.74) is 2.05. The summed E-state index contributed by atoms with van der Waals surface area (Å²) in [5, 5.41) is 2.11. The lowest BCUT2D eigenvalue weighted by molar-refractivity contribution is -0.141. The van der Waals surface area contributed by atoms with Crippen molar-refractivity contribution in [2.75, 3.05) is 0 Å². The molecular weight excluding hydrogens is 318 g/mol. The van der Waals surface area contributed by atoms with E-state index in [1.54, 1.807) is 17.7 Å². The van der Waals surface area contributed by atoms with Crippen LogP contribution < -0.4 is 0 Å². The van der Waals surface area contributed by atoms with Crippen LogP contribution in [0.3, 0.4) is 0 Å². The Kier molecular flexibility index (Phi) is 3.27. The number of carbonyl (C=O) groups excluding carboxylic acids is 1. The molecule has 2 aliphatic heterocycles. The molecule has 0 radical (unpaired) electrons. The molecule has 1 aliphatic carbocycles. The number of hydrogen-bond acceptors (Lipinski definition) is 4. The zero-order valence-corrected chi connectivity index (χ0v) is 14.5. The fourth-order valence-corrected chi connectivity index (χ4v) is 6.05. The summed E-state index contributed by atoms with van der Waals surface area (Å²) in [7, 11) is 0. The first-order valence-electron chi connectivity index (χ1n) is 8.95. The van der Waals surface area contributed by atoms with E-state index in [9.17, 15) is 4.79 Å². The molecule has 1 amide bonds. The van der Waals surface area contributed by atoms with Gasteiger partial charge in [-0.15, -0.1) is 11.3 Å². The highest BCUT2D eigenvalue weighted by atomic mass is 32.1. The van der Waals surface area contributed by atoms with Gasteiger partial charge in [-0.25, -0.2) is 9.97 Å². The fraction of sp³-hybridized carbons (Fsp3) is 0.526. The summed E-state index contributed by atoms with van der Waals surface area (Å²) in [5.74, 6) is 0.365. The van der Waals surface area contributed by atoms with Gasteiger partial charge in [0.25, 0.3) is 0 Å². The Morgan fingerprint density at radius 2 is 2.17 bits per heavy atom. The lowest BCUT2D eigenvalue weighted by Crippen LogP contribution is -2.50. The van der Waals surface area contributed by atoms with Gasteiger partial charge in [-0.2, -0.15) is 0 Å². The molecule has 0 spiro atoms. The van der Waals surface area contributed by atoms with Gasteiger partial charge in [0.2, 0.25) is 5.91 Å². The van der Waals surface area contributed by atoms with Crippen LogP contribution in [0, 0.1) is 0 Å². The smallest absolute Gasteiger partial charge is 0.234 e. The van der Waals surface area contributed by atoms with Gasteiger partial charge in [0.15, 0.2) is 0 Å². The van der Waals surface area contributed by atoms with E-state index in [0.717, 1.165) is 50.6 Å². The lowest BCUT2D eigenvalue weighted by atomic mass is 9.81. The molecule has 2 unspecified atom stereocenters. The minimum atomic E-state index is -0.276. The second-order valence-electron chi connectivity index (χ2n) is 7.35. The van der Waals surface area contributed by atoms with E-state index in [2.05, 4.69) is 32.4 Å². The minimum Gasteiger partial charge on any atom is -0.331 e. The number of carbonyl (C=O) groups is 1. The van der Waals surface area contributed by atoms with E-state index >= 15 is 0 Å². The molecule has 2 bridgehead atoms. The maximum absolute atomic E-state index is 13.8. The molecule has 0 aromatic carbocycles. The molecule has 4 nitrogen and oxygen atoms in total. The molecule has 0 N–H and O–H groups in total. The third-order valence-corrected chi connectivity index (χ3v) is 7.29. The van der Waals surface area contributed by atoms with E-state index in [-0.39, 0.29) is 11.5 Å². The molecule has 2 fully saturated rings. The summed E-state index contributed by atoms with van der Waals surface area (Å²) in [6, 6.07) is 4.75. The van der Waals surface area contributed by atoms with Gasteiger partial charge in [-0.3, -0.25) is 4.79 Å². The van der Waals surface area contributed by atoms with Crippen LogP contribution in [-0.4, -0.2) is 26.8 Å². The Morgan fingerprint density at radius 3 is 2.96 bits per heavy atom. The van der Waals surface area contributed by atoms with Crippen LogP contribution >= 0.6 is 11.3 Å². The normalized spacial score (nSPS) is 27.2. The van der Waals surface area contributed by atoms with Gasteiger partial charge in [-0.1, -0.05) is 18.9 Å². The third-order valence-electron chi connectivity index (χ3n) is 6.21. The fourth-order valence-electron chi connectivity index (χ4n) is 5.08. The Labute approximate surface area is 145 Å². The number of hydrogen-bond donors (Lipinski definition) is 0. The van der Waals surface area contributed by atoms with Crippen molar-refractivity contribution in [3.8, 4) is 0 Å². The lowest BCUT2D eigenvalue weighted by Gasteiger charge is -2.41. The Balaban J connectivity index is 1.56. The highest BCUT2D eigenvalue weighted by Gasteiger charge is 2.52. The largest absolute Gasteiger partial charge is 0.331 e. The standard InChI is InChI=1S/C19H21N3OS/c23-18(19(7-1-2-8-19)17-4-3-9-24-17)22-13-5-6-16(22)14-11-20-12-21-15(14)10-13/h3-4,9,11-13,16H,1-2,5-8,10H2. The van der Waals surface area contributed by atoms with Crippen LogP contribution in [-0.2, 0) is 16.6 Å². The van der Waals surface area contributed by atoms with E-state index in [1.165, 1.54) is 10.4 Å². The maximum Gasteiger partial charge on any atom is 0.234 e. The minimum absolute atomic E-state index is 0.185. The van der Waals surface area contributed by atoms with Gasteiger partial charge in [0.05, 0.1) is 17.2 Å². The molecular formula is C19H21N3OS. The van der Waals surface area contributed by atoms with Gasteiger partial charge in [-0.05, 0) is 37.1 Å². The summed E-state index contributed by atoms with van der Waals surface area (Å²) >= 11 is 1.75. The topological polar surface area (TPSA) is 46.1 Å².